The molecule has 1 aromatic rings. The lowest BCUT2D eigenvalue weighted by Crippen LogP contribution is -2.43. The molecular weight excluding hydrogens is 319 g/mol. The Kier molecular flexibility index (Phi) is 4.66. The number of rotatable bonds is 4. The Morgan fingerprint density at radius 2 is 1.90 bits per heavy atom. The van der Waals surface area contributed by atoms with Gasteiger partial charge in [-0.15, -0.1) is 0 Å². The third-order valence-corrected chi connectivity index (χ3v) is 6.83. The van der Waals surface area contributed by atoms with Crippen LogP contribution in [0.4, 0.5) is 4.39 Å². The quantitative estimate of drug-likeness (QED) is 0.834. The highest BCUT2D eigenvalue weighted by Gasteiger charge is 2.31. The minimum Gasteiger partial charge on any atom is -0.316 e. The Bertz CT molecular complexity index is 718. The van der Waals surface area contributed by atoms with E-state index in [1.165, 1.54) is 12.1 Å². The molecule has 1 fully saturated rings. The lowest BCUT2D eigenvalue weighted by Gasteiger charge is -2.26. The molecule has 1 saturated heterocycles. The van der Waals surface area contributed by atoms with Crippen molar-refractivity contribution in [1.82, 2.24) is 9.62 Å². The molecule has 2 rings (SSSR count). The largest absolute Gasteiger partial charge is 0.316 e. The lowest BCUT2D eigenvalue weighted by atomic mass is 10.2. The van der Waals surface area contributed by atoms with Crippen molar-refractivity contribution in [2.45, 2.75) is 11.4 Å². The van der Waals surface area contributed by atoms with Gasteiger partial charge in [0, 0.05) is 25.2 Å². The number of nitrogens with zero attached hydrogens (tertiary/aromatic N) is 1. The average Bonchev–Trinajstić information content (AvgIpc) is 2.41. The number of sulfonamides is 1. The van der Waals surface area contributed by atoms with E-state index in [2.05, 4.69) is 5.32 Å². The van der Waals surface area contributed by atoms with E-state index in [1.54, 1.807) is 7.05 Å². The smallest absolute Gasteiger partial charge is 0.243 e. The van der Waals surface area contributed by atoms with Crippen LogP contribution in [0.5, 0.6) is 0 Å². The topological polar surface area (TPSA) is 83.6 Å². The summed E-state index contributed by atoms with van der Waals surface area (Å²) in [5.74, 6) is -0.849. The third-order valence-electron chi connectivity index (χ3n) is 3.33. The molecule has 118 valence electrons. The van der Waals surface area contributed by atoms with Gasteiger partial charge in [0.15, 0.2) is 9.84 Å². The fourth-order valence-electron chi connectivity index (χ4n) is 2.12. The highest BCUT2D eigenvalue weighted by molar-refractivity contribution is 7.92. The number of hydrogen-bond acceptors (Lipinski definition) is 5. The first-order valence-corrected chi connectivity index (χ1v) is 9.66. The second kappa shape index (κ2) is 5.99. The first kappa shape index (κ1) is 16.3. The Morgan fingerprint density at radius 3 is 2.48 bits per heavy atom. The van der Waals surface area contributed by atoms with Crippen LogP contribution in [0.25, 0.3) is 0 Å². The van der Waals surface area contributed by atoms with Gasteiger partial charge in [-0.05, 0) is 25.2 Å². The molecule has 9 heteroatoms. The molecule has 0 radical (unpaired) electrons. The molecule has 1 aromatic carbocycles. The molecule has 0 amide bonds. The normalized spacial score (nSPS) is 19.5. The van der Waals surface area contributed by atoms with Crippen molar-refractivity contribution in [3.8, 4) is 0 Å². The summed E-state index contributed by atoms with van der Waals surface area (Å²) in [7, 11) is -5.32. The summed E-state index contributed by atoms with van der Waals surface area (Å²) >= 11 is 0. The first-order valence-electron chi connectivity index (χ1n) is 6.40. The van der Waals surface area contributed by atoms with E-state index in [9.17, 15) is 21.2 Å². The molecule has 0 spiro atoms. The van der Waals surface area contributed by atoms with Crippen molar-refractivity contribution in [2.75, 3.05) is 31.6 Å². The second-order valence-corrected chi connectivity index (χ2v) is 9.08. The molecular formula is C12H17FN2O4S2. The van der Waals surface area contributed by atoms with Crippen molar-refractivity contribution in [3.63, 3.8) is 0 Å². The van der Waals surface area contributed by atoms with Gasteiger partial charge in [-0.3, -0.25) is 0 Å². The van der Waals surface area contributed by atoms with E-state index in [-0.39, 0.29) is 41.6 Å². The van der Waals surface area contributed by atoms with Crippen LogP contribution in [0.3, 0.4) is 0 Å². The van der Waals surface area contributed by atoms with E-state index in [1.807, 2.05) is 0 Å². The SMILES string of the molecule is CNCc1cc(S(=O)(=O)N2CCS(=O)(=O)CC2)ccc1F. The Balaban J connectivity index is 2.30. The second-order valence-electron chi connectivity index (χ2n) is 4.84. The van der Waals surface area contributed by atoms with Gasteiger partial charge in [0.1, 0.15) is 5.82 Å². The van der Waals surface area contributed by atoms with Gasteiger partial charge in [0.05, 0.1) is 16.4 Å². The predicted molar refractivity (Wildman–Crippen MR) is 76.6 cm³/mol. The standard InChI is InChI=1S/C12H17FN2O4S2/c1-14-9-10-8-11(2-3-12(10)13)21(18,19)15-4-6-20(16,17)7-5-15/h2-3,8,14H,4-7,9H2,1H3. The molecule has 0 saturated carbocycles. The van der Waals surface area contributed by atoms with E-state index < -0.39 is 25.7 Å². The van der Waals surface area contributed by atoms with Crippen molar-refractivity contribution >= 4 is 19.9 Å². The van der Waals surface area contributed by atoms with Gasteiger partial charge in [-0.25, -0.2) is 21.2 Å². The zero-order valence-corrected chi connectivity index (χ0v) is 13.2. The van der Waals surface area contributed by atoms with Crippen molar-refractivity contribution in [3.05, 3.63) is 29.6 Å². The number of sulfone groups is 1. The van der Waals surface area contributed by atoms with Crippen LogP contribution in [-0.4, -0.2) is 52.8 Å². The highest BCUT2D eigenvalue weighted by Crippen LogP contribution is 2.21. The maximum Gasteiger partial charge on any atom is 0.243 e. The predicted octanol–water partition coefficient (Wildman–Crippen LogP) is -0.0358. The Labute approximate surface area is 123 Å². The summed E-state index contributed by atoms with van der Waals surface area (Å²) in [6, 6.07) is 3.59. The maximum atomic E-state index is 13.6. The zero-order valence-electron chi connectivity index (χ0n) is 11.5. The number of halogens is 1. The molecule has 1 aliphatic heterocycles. The minimum atomic E-state index is -3.80. The molecule has 21 heavy (non-hydrogen) atoms. The van der Waals surface area contributed by atoms with Crippen LogP contribution >= 0.6 is 0 Å². The van der Waals surface area contributed by atoms with Crippen molar-refractivity contribution < 1.29 is 21.2 Å². The van der Waals surface area contributed by atoms with E-state index >= 15 is 0 Å². The molecule has 6 nitrogen and oxygen atoms in total. The summed E-state index contributed by atoms with van der Waals surface area (Å²) in [5.41, 5.74) is 0.253. The van der Waals surface area contributed by atoms with E-state index in [4.69, 9.17) is 0 Å². The van der Waals surface area contributed by atoms with Gasteiger partial charge in [0.2, 0.25) is 10.0 Å². The molecule has 0 aliphatic carbocycles. The van der Waals surface area contributed by atoms with Crippen LogP contribution in [0.1, 0.15) is 5.56 Å². The fourth-order valence-corrected chi connectivity index (χ4v) is 5.05. The molecule has 1 aliphatic rings. The summed E-state index contributed by atoms with van der Waals surface area (Å²) in [6.07, 6.45) is 0. The average molecular weight is 336 g/mol. The monoisotopic (exact) mass is 336 g/mol. The Morgan fingerprint density at radius 1 is 1.29 bits per heavy atom. The summed E-state index contributed by atoms with van der Waals surface area (Å²) in [5, 5.41) is 2.77. The summed E-state index contributed by atoms with van der Waals surface area (Å²) < 4.78 is 62.3. The van der Waals surface area contributed by atoms with E-state index in [0.29, 0.717) is 0 Å². The van der Waals surface area contributed by atoms with Crippen LogP contribution < -0.4 is 5.32 Å². The molecule has 1 N–H and O–H groups in total. The third kappa shape index (κ3) is 3.60. The number of benzene rings is 1. The van der Waals surface area contributed by atoms with Crippen molar-refractivity contribution in [2.24, 2.45) is 0 Å². The first-order chi connectivity index (χ1) is 9.76. The van der Waals surface area contributed by atoms with E-state index in [0.717, 1.165) is 10.4 Å². The summed E-state index contributed by atoms with van der Waals surface area (Å²) in [4.78, 5) is -0.0200. The van der Waals surface area contributed by atoms with Gasteiger partial charge in [0.25, 0.3) is 0 Å². The molecule has 1 heterocycles. The van der Waals surface area contributed by atoms with Crippen LogP contribution in [0.2, 0.25) is 0 Å². The highest BCUT2D eigenvalue weighted by atomic mass is 32.2. The fraction of sp³-hybridized carbons (Fsp3) is 0.500. The summed E-state index contributed by atoms with van der Waals surface area (Å²) in [6.45, 7) is 0.0797. The number of hydrogen-bond donors (Lipinski definition) is 1. The molecule has 0 unspecified atom stereocenters. The van der Waals surface area contributed by atoms with Gasteiger partial charge in [-0.2, -0.15) is 4.31 Å². The van der Waals surface area contributed by atoms with Gasteiger partial charge < -0.3 is 5.32 Å². The van der Waals surface area contributed by atoms with Gasteiger partial charge >= 0.3 is 0 Å². The molecule has 0 atom stereocenters. The van der Waals surface area contributed by atoms with Gasteiger partial charge in [-0.1, -0.05) is 0 Å². The number of nitrogens with one attached hydrogen (secondary N) is 1. The van der Waals surface area contributed by atoms with Crippen molar-refractivity contribution in [1.29, 1.82) is 0 Å². The van der Waals surface area contributed by atoms with Crippen LogP contribution in [-0.2, 0) is 26.4 Å². The minimum absolute atomic E-state index is 0.0200. The molecule has 0 aromatic heterocycles. The molecule has 0 bridgehead atoms. The van der Waals surface area contributed by atoms with Crippen LogP contribution in [0.15, 0.2) is 23.1 Å². The lowest BCUT2D eigenvalue weighted by molar-refractivity contribution is 0.430. The zero-order chi connectivity index (χ0) is 15.7. The Hall–Kier alpha value is -1.03. The van der Waals surface area contributed by atoms with Crippen LogP contribution in [0, 0.1) is 5.82 Å². The maximum absolute atomic E-state index is 13.6.